The van der Waals surface area contributed by atoms with E-state index in [9.17, 15) is 18.0 Å². The lowest BCUT2D eigenvalue weighted by Crippen LogP contribution is -2.47. The Labute approximate surface area is 115 Å². The summed E-state index contributed by atoms with van der Waals surface area (Å²) < 4.78 is 28.7. The molecule has 1 fully saturated rings. The summed E-state index contributed by atoms with van der Waals surface area (Å²) in [5, 5.41) is 4.76. The summed E-state index contributed by atoms with van der Waals surface area (Å²) in [6.07, 6.45) is 1.34. The van der Waals surface area contributed by atoms with Crippen LogP contribution in [0.2, 0.25) is 0 Å². The van der Waals surface area contributed by atoms with Crippen molar-refractivity contribution in [3.63, 3.8) is 0 Å². The number of ether oxygens (including phenoxy) is 1. The molecule has 2 aliphatic rings. The van der Waals surface area contributed by atoms with E-state index in [4.69, 9.17) is 4.74 Å². The average Bonchev–Trinajstić information content (AvgIpc) is 2.64. The van der Waals surface area contributed by atoms with Gasteiger partial charge in [0.2, 0.25) is 0 Å². The van der Waals surface area contributed by atoms with E-state index < -0.39 is 27.3 Å². The fourth-order valence-corrected chi connectivity index (χ4v) is 3.15. The van der Waals surface area contributed by atoms with E-state index in [2.05, 4.69) is 10.6 Å². The van der Waals surface area contributed by atoms with Crippen LogP contribution in [0, 0.1) is 0 Å². The third-order valence-corrected chi connectivity index (χ3v) is 4.63. The standard InChI is InChI=1S/C12H12N2O5S/c1-20(17,18)7-2-3-9-8(6-7)12(4-5-19-9)10(15)13-11(16)14-12/h2-3,6H,4-5H2,1H3,(H2,13,14,15,16). The van der Waals surface area contributed by atoms with Crippen LogP contribution in [0.15, 0.2) is 23.1 Å². The first kappa shape index (κ1) is 12.9. The predicted molar refractivity (Wildman–Crippen MR) is 68.0 cm³/mol. The number of urea groups is 1. The molecule has 1 aromatic rings. The summed E-state index contributed by atoms with van der Waals surface area (Å²) in [6.45, 7) is 0.263. The fraction of sp³-hybridized carbons (Fsp3) is 0.333. The van der Waals surface area contributed by atoms with Gasteiger partial charge >= 0.3 is 6.03 Å². The molecule has 0 radical (unpaired) electrons. The molecule has 1 saturated heterocycles. The van der Waals surface area contributed by atoms with E-state index in [0.717, 1.165) is 6.26 Å². The van der Waals surface area contributed by atoms with Gasteiger partial charge in [-0.3, -0.25) is 10.1 Å². The Morgan fingerprint density at radius 2 is 2.05 bits per heavy atom. The molecule has 0 saturated carbocycles. The molecule has 0 aliphatic carbocycles. The molecule has 0 aromatic heterocycles. The summed E-state index contributed by atoms with van der Waals surface area (Å²) in [7, 11) is -3.41. The zero-order valence-corrected chi connectivity index (χ0v) is 11.4. The van der Waals surface area contributed by atoms with E-state index in [1.165, 1.54) is 18.2 Å². The first-order valence-electron chi connectivity index (χ1n) is 5.94. The number of rotatable bonds is 1. The van der Waals surface area contributed by atoms with E-state index in [1.807, 2.05) is 0 Å². The van der Waals surface area contributed by atoms with Gasteiger partial charge in [-0.05, 0) is 18.2 Å². The van der Waals surface area contributed by atoms with Crippen LogP contribution >= 0.6 is 0 Å². The maximum Gasteiger partial charge on any atom is 0.322 e. The van der Waals surface area contributed by atoms with Gasteiger partial charge in [-0.15, -0.1) is 0 Å². The molecule has 2 aliphatic heterocycles. The van der Waals surface area contributed by atoms with Gasteiger partial charge in [0.15, 0.2) is 15.4 Å². The van der Waals surface area contributed by atoms with Crippen molar-refractivity contribution in [1.29, 1.82) is 0 Å². The van der Waals surface area contributed by atoms with Crippen molar-refractivity contribution in [3.8, 4) is 5.75 Å². The smallest absolute Gasteiger partial charge is 0.322 e. The van der Waals surface area contributed by atoms with Crippen LogP contribution in [0.1, 0.15) is 12.0 Å². The number of benzene rings is 1. The van der Waals surface area contributed by atoms with Crippen LogP contribution in [0.4, 0.5) is 4.79 Å². The molecular weight excluding hydrogens is 284 g/mol. The van der Waals surface area contributed by atoms with E-state index in [1.54, 1.807) is 0 Å². The topological polar surface area (TPSA) is 102 Å². The normalized spacial score (nSPS) is 24.9. The molecule has 2 N–H and O–H groups in total. The van der Waals surface area contributed by atoms with Crippen molar-refractivity contribution >= 4 is 21.8 Å². The van der Waals surface area contributed by atoms with Crippen molar-refractivity contribution in [1.82, 2.24) is 10.6 Å². The Hall–Kier alpha value is -2.09. The number of sulfone groups is 1. The number of carbonyl (C=O) groups excluding carboxylic acids is 2. The second-order valence-corrected chi connectivity index (χ2v) is 6.86. The summed E-state index contributed by atoms with van der Waals surface area (Å²) in [5.74, 6) is -0.0845. The number of amides is 3. The molecule has 3 rings (SSSR count). The molecule has 1 spiro atoms. The van der Waals surface area contributed by atoms with Gasteiger partial charge in [-0.25, -0.2) is 13.2 Å². The van der Waals surface area contributed by atoms with Gasteiger partial charge in [-0.2, -0.15) is 0 Å². The predicted octanol–water partition coefficient (Wildman–Crippen LogP) is -0.0927. The minimum atomic E-state index is -3.41. The van der Waals surface area contributed by atoms with Crippen molar-refractivity contribution < 1.29 is 22.7 Å². The summed E-state index contributed by atoms with van der Waals surface area (Å²) in [4.78, 5) is 23.6. The SMILES string of the molecule is CS(=O)(=O)c1ccc2c(c1)C1(CCO2)NC(=O)NC1=O. The van der Waals surface area contributed by atoms with Crippen LogP contribution in [-0.4, -0.2) is 33.2 Å². The number of fused-ring (bicyclic) bond motifs is 2. The molecule has 3 amide bonds. The molecule has 2 heterocycles. The van der Waals surface area contributed by atoms with Gasteiger partial charge in [-0.1, -0.05) is 0 Å². The summed E-state index contributed by atoms with van der Waals surface area (Å²) >= 11 is 0. The summed E-state index contributed by atoms with van der Waals surface area (Å²) in [6, 6.07) is 3.72. The Balaban J connectivity index is 2.22. The quantitative estimate of drug-likeness (QED) is 0.705. The van der Waals surface area contributed by atoms with Crippen LogP contribution < -0.4 is 15.4 Å². The van der Waals surface area contributed by atoms with Gasteiger partial charge in [0.1, 0.15) is 5.75 Å². The number of hydrogen-bond acceptors (Lipinski definition) is 5. The Morgan fingerprint density at radius 3 is 2.65 bits per heavy atom. The van der Waals surface area contributed by atoms with E-state index in [0.29, 0.717) is 11.3 Å². The second kappa shape index (κ2) is 3.95. The Bertz CT molecular complexity index is 727. The number of hydrogen-bond donors (Lipinski definition) is 2. The molecule has 0 bridgehead atoms. The highest BCUT2D eigenvalue weighted by Crippen LogP contribution is 2.40. The maximum absolute atomic E-state index is 12.1. The highest BCUT2D eigenvalue weighted by molar-refractivity contribution is 7.90. The van der Waals surface area contributed by atoms with Crippen molar-refractivity contribution in [2.24, 2.45) is 0 Å². The summed E-state index contributed by atoms with van der Waals surface area (Å²) in [5.41, 5.74) is -0.874. The molecule has 8 heteroatoms. The van der Waals surface area contributed by atoms with Gasteiger partial charge in [0.05, 0.1) is 11.5 Å². The molecule has 106 valence electrons. The average molecular weight is 296 g/mol. The van der Waals surface area contributed by atoms with Crippen LogP contribution in [-0.2, 0) is 20.2 Å². The fourth-order valence-electron chi connectivity index (χ4n) is 2.51. The highest BCUT2D eigenvalue weighted by Gasteiger charge is 2.51. The second-order valence-electron chi connectivity index (χ2n) is 4.84. The molecule has 1 atom stereocenters. The lowest BCUT2D eigenvalue weighted by Gasteiger charge is -2.32. The monoisotopic (exact) mass is 296 g/mol. The first-order chi connectivity index (χ1) is 9.33. The largest absolute Gasteiger partial charge is 0.493 e. The van der Waals surface area contributed by atoms with Gasteiger partial charge < -0.3 is 10.1 Å². The van der Waals surface area contributed by atoms with Crippen molar-refractivity contribution in [2.75, 3.05) is 12.9 Å². The van der Waals surface area contributed by atoms with E-state index in [-0.39, 0.29) is 17.9 Å². The number of nitrogens with one attached hydrogen (secondary N) is 2. The number of imide groups is 1. The van der Waals surface area contributed by atoms with Crippen molar-refractivity contribution in [3.05, 3.63) is 23.8 Å². The third-order valence-electron chi connectivity index (χ3n) is 3.52. The van der Waals surface area contributed by atoms with Crippen LogP contribution in [0.25, 0.3) is 0 Å². The zero-order chi connectivity index (χ0) is 14.5. The molecule has 7 nitrogen and oxygen atoms in total. The molecule has 1 unspecified atom stereocenters. The minimum absolute atomic E-state index is 0.0788. The zero-order valence-electron chi connectivity index (χ0n) is 10.6. The van der Waals surface area contributed by atoms with Crippen molar-refractivity contribution in [2.45, 2.75) is 16.9 Å². The Kier molecular flexibility index (Phi) is 2.55. The highest BCUT2D eigenvalue weighted by atomic mass is 32.2. The van der Waals surface area contributed by atoms with Gasteiger partial charge in [0, 0.05) is 18.2 Å². The molecule has 20 heavy (non-hydrogen) atoms. The molecular formula is C12H12N2O5S. The van der Waals surface area contributed by atoms with E-state index >= 15 is 0 Å². The third kappa shape index (κ3) is 1.75. The lowest BCUT2D eigenvalue weighted by molar-refractivity contribution is -0.125. The minimum Gasteiger partial charge on any atom is -0.493 e. The Morgan fingerprint density at radius 1 is 1.30 bits per heavy atom. The van der Waals surface area contributed by atoms with Gasteiger partial charge in [0.25, 0.3) is 5.91 Å². The first-order valence-corrected chi connectivity index (χ1v) is 7.83. The van der Waals surface area contributed by atoms with Crippen LogP contribution in [0.3, 0.4) is 0 Å². The molecule has 1 aromatic carbocycles. The number of carbonyl (C=O) groups is 2. The van der Waals surface area contributed by atoms with Crippen LogP contribution in [0.5, 0.6) is 5.75 Å². The lowest BCUT2D eigenvalue weighted by atomic mass is 9.84. The maximum atomic E-state index is 12.1.